The fourth-order valence-corrected chi connectivity index (χ4v) is 2.47. The lowest BCUT2D eigenvalue weighted by atomic mass is 10.0. The molecule has 2 aromatic carbocycles. The summed E-state index contributed by atoms with van der Waals surface area (Å²) in [4.78, 5) is 12.0. The van der Waals surface area contributed by atoms with E-state index < -0.39 is 0 Å². The molecule has 0 aliphatic heterocycles. The van der Waals surface area contributed by atoms with Gasteiger partial charge in [0.05, 0.1) is 6.21 Å². The van der Waals surface area contributed by atoms with E-state index in [4.69, 9.17) is 4.74 Å². The first-order valence-electron chi connectivity index (χ1n) is 8.74. The number of aryl methyl sites for hydroxylation is 1. The molecule has 2 aromatic rings. The summed E-state index contributed by atoms with van der Waals surface area (Å²) in [5, 5.41) is 3.98. The second-order valence-electron chi connectivity index (χ2n) is 6.58. The van der Waals surface area contributed by atoms with Gasteiger partial charge in [0, 0.05) is 0 Å². The fourth-order valence-electron chi connectivity index (χ4n) is 2.47. The molecular weight excluding hydrogens is 324 g/mol. The van der Waals surface area contributed by atoms with Crippen LogP contribution in [0.4, 0.5) is 0 Å². The molecule has 0 aromatic heterocycles. The molecule has 2 rings (SSSR count). The van der Waals surface area contributed by atoms with Crippen LogP contribution in [-0.2, 0) is 4.79 Å². The van der Waals surface area contributed by atoms with E-state index in [2.05, 4.69) is 30.4 Å². The van der Waals surface area contributed by atoms with Gasteiger partial charge < -0.3 is 4.74 Å². The van der Waals surface area contributed by atoms with E-state index in [1.807, 2.05) is 62.4 Å². The molecule has 0 spiro atoms. The van der Waals surface area contributed by atoms with Crippen LogP contribution in [0.3, 0.4) is 0 Å². The van der Waals surface area contributed by atoms with Crippen LogP contribution in [0, 0.1) is 6.92 Å². The molecule has 0 atom stereocenters. The third-order valence-corrected chi connectivity index (χ3v) is 3.80. The van der Waals surface area contributed by atoms with Crippen molar-refractivity contribution in [2.45, 2.75) is 33.6 Å². The van der Waals surface area contributed by atoms with E-state index in [0.717, 1.165) is 28.0 Å². The first kappa shape index (κ1) is 19.4. The maximum absolute atomic E-state index is 12.0. The summed E-state index contributed by atoms with van der Waals surface area (Å²) in [5.41, 5.74) is 6.72. The normalized spacial score (nSPS) is 11.8. The van der Waals surface area contributed by atoms with Gasteiger partial charge in [0.15, 0.2) is 6.61 Å². The fraction of sp³-hybridized carbons (Fsp3) is 0.273. The number of nitrogens with zero attached hydrogens (tertiary/aromatic N) is 1. The molecule has 0 radical (unpaired) electrons. The number of rotatable bonds is 7. The van der Waals surface area contributed by atoms with E-state index >= 15 is 0 Å². The number of carbonyl (C=O) groups is 1. The molecule has 1 amide bonds. The zero-order valence-electron chi connectivity index (χ0n) is 15.8. The van der Waals surface area contributed by atoms with Gasteiger partial charge in [-0.1, -0.05) is 62.4 Å². The van der Waals surface area contributed by atoms with Crippen LogP contribution in [0.5, 0.6) is 5.75 Å². The molecule has 0 aliphatic rings. The molecule has 4 nitrogen and oxygen atoms in total. The SMILES string of the molecule is CC(=Cc1ccccc1)/C=N/NC(=O)COc1cc(C)ccc1C(C)C. The van der Waals surface area contributed by atoms with Crippen LogP contribution in [0.25, 0.3) is 6.08 Å². The summed E-state index contributed by atoms with van der Waals surface area (Å²) in [6.45, 7) is 8.07. The monoisotopic (exact) mass is 350 g/mol. The number of ether oxygens (including phenoxy) is 1. The second kappa shape index (κ2) is 9.56. The minimum Gasteiger partial charge on any atom is -0.483 e. The lowest BCUT2D eigenvalue weighted by Gasteiger charge is -2.14. The quantitative estimate of drug-likeness (QED) is 0.581. The van der Waals surface area contributed by atoms with Crippen LogP contribution >= 0.6 is 0 Å². The van der Waals surface area contributed by atoms with Crippen LogP contribution in [0.1, 0.15) is 43.4 Å². The summed E-state index contributed by atoms with van der Waals surface area (Å²) in [6.07, 6.45) is 3.62. The van der Waals surface area contributed by atoms with Crippen LogP contribution < -0.4 is 10.2 Å². The first-order valence-corrected chi connectivity index (χ1v) is 8.74. The zero-order valence-corrected chi connectivity index (χ0v) is 15.8. The van der Waals surface area contributed by atoms with Crippen molar-refractivity contribution in [3.63, 3.8) is 0 Å². The Kier molecular flexibility index (Phi) is 7.15. The topological polar surface area (TPSA) is 50.7 Å². The number of allylic oxidation sites excluding steroid dienone is 1. The van der Waals surface area contributed by atoms with Crippen molar-refractivity contribution in [1.82, 2.24) is 5.43 Å². The highest BCUT2D eigenvalue weighted by molar-refractivity contribution is 5.86. The van der Waals surface area contributed by atoms with Crippen molar-refractivity contribution >= 4 is 18.2 Å². The number of hydrogen-bond acceptors (Lipinski definition) is 3. The minimum absolute atomic E-state index is 0.0675. The molecule has 0 saturated carbocycles. The van der Waals surface area contributed by atoms with Crippen molar-refractivity contribution in [3.8, 4) is 5.75 Å². The number of nitrogens with one attached hydrogen (secondary N) is 1. The summed E-state index contributed by atoms with van der Waals surface area (Å²) in [5.74, 6) is 0.793. The Morgan fingerprint density at radius 3 is 2.62 bits per heavy atom. The summed E-state index contributed by atoms with van der Waals surface area (Å²) < 4.78 is 5.69. The Hall–Kier alpha value is -2.88. The van der Waals surface area contributed by atoms with E-state index in [-0.39, 0.29) is 12.5 Å². The van der Waals surface area contributed by atoms with Crippen LogP contribution in [0.2, 0.25) is 0 Å². The highest BCUT2D eigenvalue weighted by Gasteiger charge is 2.09. The van der Waals surface area contributed by atoms with Crippen molar-refractivity contribution in [2.75, 3.05) is 6.61 Å². The highest BCUT2D eigenvalue weighted by Crippen LogP contribution is 2.27. The van der Waals surface area contributed by atoms with Gasteiger partial charge in [-0.3, -0.25) is 4.79 Å². The Morgan fingerprint density at radius 1 is 1.19 bits per heavy atom. The van der Waals surface area contributed by atoms with Crippen molar-refractivity contribution in [1.29, 1.82) is 0 Å². The maximum atomic E-state index is 12.0. The summed E-state index contributed by atoms with van der Waals surface area (Å²) in [6, 6.07) is 16.0. The largest absolute Gasteiger partial charge is 0.483 e. The lowest BCUT2D eigenvalue weighted by molar-refractivity contribution is -0.123. The lowest BCUT2D eigenvalue weighted by Crippen LogP contribution is -2.25. The number of benzene rings is 2. The smallest absolute Gasteiger partial charge is 0.277 e. The van der Waals surface area contributed by atoms with E-state index in [1.165, 1.54) is 0 Å². The van der Waals surface area contributed by atoms with Gasteiger partial charge in [0.2, 0.25) is 0 Å². The highest BCUT2D eigenvalue weighted by atomic mass is 16.5. The van der Waals surface area contributed by atoms with Gasteiger partial charge in [-0.05, 0) is 48.1 Å². The van der Waals surface area contributed by atoms with Gasteiger partial charge in [0.25, 0.3) is 5.91 Å². The van der Waals surface area contributed by atoms with Crippen molar-refractivity contribution < 1.29 is 9.53 Å². The average Bonchev–Trinajstić information content (AvgIpc) is 2.60. The molecule has 0 heterocycles. The van der Waals surface area contributed by atoms with Gasteiger partial charge in [-0.25, -0.2) is 5.43 Å². The molecule has 0 saturated heterocycles. The van der Waals surface area contributed by atoms with Crippen LogP contribution in [0.15, 0.2) is 59.2 Å². The van der Waals surface area contributed by atoms with Gasteiger partial charge >= 0.3 is 0 Å². The third-order valence-electron chi connectivity index (χ3n) is 3.80. The van der Waals surface area contributed by atoms with E-state index in [0.29, 0.717) is 5.92 Å². The Morgan fingerprint density at radius 2 is 1.92 bits per heavy atom. The number of hydrogen-bond donors (Lipinski definition) is 1. The predicted molar refractivity (Wildman–Crippen MR) is 107 cm³/mol. The first-order chi connectivity index (χ1) is 12.5. The standard InChI is InChI=1S/C22H26N2O2/c1-16(2)20-11-10-17(3)13-21(20)26-15-22(25)24-23-14-18(4)12-19-8-6-5-7-9-19/h5-14,16H,15H2,1-4H3,(H,24,25)/b18-12?,23-14+. The molecule has 4 heteroatoms. The zero-order chi connectivity index (χ0) is 18.9. The van der Waals surface area contributed by atoms with E-state index in [9.17, 15) is 4.79 Å². The molecule has 0 unspecified atom stereocenters. The number of hydrazone groups is 1. The molecular formula is C22H26N2O2. The van der Waals surface area contributed by atoms with Gasteiger partial charge in [0.1, 0.15) is 5.75 Å². The number of carbonyl (C=O) groups excluding carboxylic acids is 1. The number of amides is 1. The van der Waals surface area contributed by atoms with Crippen molar-refractivity contribution in [2.24, 2.45) is 5.10 Å². The minimum atomic E-state index is -0.287. The average molecular weight is 350 g/mol. The predicted octanol–water partition coefficient (Wildman–Crippen LogP) is 4.70. The van der Waals surface area contributed by atoms with Crippen LogP contribution in [-0.4, -0.2) is 18.7 Å². The molecule has 136 valence electrons. The molecule has 1 N–H and O–H groups in total. The second-order valence-corrected chi connectivity index (χ2v) is 6.58. The molecule has 0 aliphatic carbocycles. The Bertz CT molecular complexity index is 793. The van der Waals surface area contributed by atoms with E-state index in [1.54, 1.807) is 6.21 Å². The summed E-state index contributed by atoms with van der Waals surface area (Å²) >= 11 is 0. The molecule has 0 fully saturated rings. The molecule has 26 heavy (non-hydrogen) atoms. The molecule has 0 bridgehead atoms. The third kappa shape index (κ3) is 6.20. The van der Waals surface area contributed by atoms with Gasteiger partial charge in [-0.2, -0.15) is 5.10 Å². The van der Waals surface area contributed by atoms with Gasteiger partial charge in [-0.15, -0.1) is 0 Å². The Balaban J connectivity index is 1.88. The van der Waals surface area contributed by atoms with Crippen molar-refractivity contribution in [3.05, 3.63) is 70.8 Å². The Labute approximate surface area is 155 Å². The maximum Gasteiger partial charge on any atom is 0.277 e. The summed E-state index contributed by atoms with van der Waals surface area (Å²) in [7, 11) is 0.